The molecule has 5 N–H and O–H groups in total. The summed E-state index contributed by atoms with van der Waals surface area (Å²) in [5, 5.41) is 5.67. The summed E-state index contributed by atoms with van der Waals surface area (Å²) >= 11 is 0. The molecule has 23 heavy (non-hydrogen) atoms. The van der Waals surface area contributed by atoms with Gasteiger partial charge in [0.2, 0.25) is 5.91 Å². The van der Waals surface area contributed by atoms with Crippen molar-refractivity contribution in [3.05, 3.63) is 35.9 Å². The molecule has 1 atom stereocenters. The lowest BCUT2D eigenvalue weighted by molar-refractivity contribution is -0.860. The maximum atomic E-state index is 12.1. The molecule has 0 bridgehead atoms. The minimum Gasteiger partial charge on any atom is -0.352 e. The van der Waals surface area contributed by atoms with Gasteiger partial charge in [0, 0.05) is 13.0 Å². The lowest BCUT2D eigenvalue weighted by Crippen LogP contribution is -3.06. The zero-order chi connectivity index (χ0) is 17.1. The number of rotatable bonds is 10. The molecule has 6 nitrogen and oxygen atoms in total. The SMILES string of the molecule is C[NH+](C)C[C@@H](NC(=O)CCCCCNC(N)=O)c1ccccc1. The van der Waals surface area contributed by atoms with Crippen LogP contribution in [0.2, 0.25) is 0 Å². The van der Waals surface area contributed by atoms with Crippen molar-refractivity contribution in [1.82, 2.24) is 10.6 Å². The van der Waals surface area contributed by atoms with Gasteiger partial charge in [0.15, 0.2) is 0 Å². The largest absolute Gasteiger partial charge is 0.352 e. The average molecular weight is 321 g/mol. The molecule has 0 aliphatic heterocycles. The monoisotopic (exact) mass is 321 g/mol. The highest BCUT2D eigenvalue weighted by molar-refractivity contribution is 5.76. The van der Waals surface area contributed by atoms with E-state index in [4.69, 9.17) is 5.73 Å². The van der Waals surface area contributed by atoms with Gasteiger partial charge in [0.05, 0.1) is 14.1 Å². The van der Waals surface area contributed by atoms with Crippen molar-refractivity contribution in [3.63, 3.8) is 0 Å². The fourth-order valence-corrected chi connectivity index (χ4v) is 2.41. The molecule has 1 rings (SSSR count). The van der Waals surface area contributed by atoms with Crippen molar-refractivity contribution in [2.75, 3.05) is 27.2 Å². The van der Waals surface area contributed by atoms with E-state index in [1.165, 1.54) is 4.90 Å². The quantitative estimate of drug-likeness (QED) is 0.464. The summed E-state index contributed by atoms with van der Waals surface area (Å²) < 4.78 is 0. The van der Waals surface area contributed by atoms with Gasteiger partial charge in [-0.1, -0.05) is 36.8 Å². The first-order valence-electron chi connectivity index (χ1n) is 8.15. The number of unbranched alkanes of at least 4 members (excludes halogenated alkanes) is 2. The Bertz CT molecular complexity index is 477. The number of benzene rings is 1. The van der Waals surface area contributed by atoms with Crippen LogP contribution in [0.3, 0.4) is 0 Å². The molecule has 6 heteroatoms. The number of primary amides is 1. The van der Waals surface area contributed by atoms with E-state index in [-0.39, 0.29) is 11.9 Å². The Morgan fingerprint density at radius 2 is 1.83 bits per heavy atom. The van der Waals surface area contributed by atoms with E-state index in [0.29, 0.717) is 13.0 Å². The smallest absolute Gasteiger partial charge is 0.312 e. The van der Waals surface area contributed by atoms with Crippen molar-refractivity contribution in [2.24, 2.45) is 5.73 Å². The van der Waals surface area contributed by atoms with E-state index in [0.717, 1.165) is 31.4 Å². The Kier molecular flexibility index (Phi) is 8.75. The summed E-state index contributed by atoms with van der Waals surface area (Å²) in [6.07, 6.45) is 3.04. The highest BCUT2D eigenvalue weighted by Crippen LogP contribution is 2.11. The van der Waals surface area contributed by atoms with Gasteiger partial charge in [-0.15, -0.1) is 0 Å². The zero-order valence-corrected chi connectivity index (χ0v) is 14.1. The van der Waals surface area contributed by atoms with Crippen LogP contribution in [0, 0.1) is 0 Å². The average Bonchev–Trinajstić information content (AvgIpc) is 2.50. The molecule has 0 unspecified atom stereocenters. The molecule has 0 radical (unpaired) electrons. The summed E-state index contributed by atoms with van der Waals surface area (Å²) in [5.74, 6) is 0.0722. The zero-order valence-electron chi connectivity index (χ0n) is 14.1. The Labute approximate surface area is 138 Å². The van der Waals surface area contributed by atoms with Crippen molar-refractivity contribution >= 4 is 11.9 Å². The van der Waals surface area contributed by atoms with Gasteiger partial charge in [-0.2, -0.15) is 0 Å². The van der Waals surface area contributed by atoms with E-state index in [9.17, 15) is 9.59 Å². The second kappa shape index (κ2) is 10.6. The number of carbonyl (C=O) groups is 2. The van der Waals surface area contributed by atoms with Crippen LogP contribution >= 0.6 is 0 Å². The van der Waals surface area contributed by atoms with Crippen molar-refractivity contribution in [1.29, 1.82) is 0 Å². The number of urea groups is 1. The minimum absolute atomic E-state index is 0.0326. The third-order valence-electron chi connectivity index (χ3n) is 3.53. The van der Waals surface area contributed by atoms with Crippen LogP contribution in [0.4, 0.5) is 4.79 Å². The predicted octanol–water partition coefficient (Wildman–Crippen LogP) is 0.217. The fraction of sp³-hybridized carbons (Fsp3) is 0.529. The number of nitrogens with one attached hydrogen (secondary N) is 3. The molecular formula is C17H29N4O2+. The van der Waals surface area contributed by atoms with E-state index >= 15 is 0 Å². The molecule has 0 saturated heterocycles. The van der Waals surface area contributed by atoms with Crippen LogP contribution in [0.1, 0.15) is 37.3 Å². The van der Waals surface area contributed by atoms with E-state index < -0.39 is 6.03 Å². The first kappa shape index (κ1) is 19.0. The molecule has 0 saturated carbocycles. The van der Waals surface area contributed by atoms with Gasteiger partial charge in [-0.05, 0) is 18.4 Å². The molecule has 1 aromatic rings. The van der Waals surface area contributed by atoms with Gasteiger partial charge >= 0.3 is 6.03 Å². The number of hydrogen-bond acceptors (Lipinski definition) is 2. The minimum atomic E-state index is -0.500. The van der Waals surface area contributed by atoms with E-state index in [2.05, 4.69) is 24.7 Å². The van der Waals surface area contributed by atoms with Gasteiger partial charge in [-0.25, -0.2) is 4.79 Å². The number of likely N-dealkylation sites (N-methyl/N-ethyl adjacent to an activating group) is 1. The standard InChI is InChI=1S/C17H28N4O2/c1-21(2)13-15(14-9-5-3-6-10-14)20-16(22)11-7-4-8-12-19-17(18)23/h3,5-6,9-10,15H,4,7-8,11-13H2,1-2H3,(H,20,22)(H3,18,19,23)/p+1/t15-/m1/s1. The molecule has 0 fully saturated rings. The van der Waals surface area contributed by atoms with Gasteiger partial charge < -0.3 is 21.3 Å². The topological polar surface area (TPSA) is 88.7 Å². The Balaban J connectivity index is 2.35. The van der Waals surface area contributed by atoms with Crippen LogP contribution in [0.15, 0.2) is 30.3 Å². The van der Waals surface area contributed by atoms with Gasteiger partial charge in [-0.3, -0.25) is 4.79 Å². The van der Waals surface area contributed by atoms with E-state index in [1.54, 1.807) is 0 Å². The number of amides is 3. The molecular weight excluding hydrogens is 292 g/mol. The Morgan fingerprint density at radius 1 is 1.13 bits per heavy atom. The summed E-state index contributed by atoms with van der Waals surface area (Å²) in [4.78, 5) is 24.0. The van der Waals surface area contributed by atoms with Crippen LogP contribution in [-0.2, 0) is 4.79 Å². The predicted molar refractivity (Wildman–Crippen MR) is 91.1 cm³/mol. The van der Waals surface area contributed by atoms with Crippen LogP contribution < -0.4 is 21.3 Å². The lowest BCUT2D eigenvalue weighted by atomic mass is 10.1. The fourth-order valence-electron chi connectivity index (χ4n) is 2.41. The first-order chi connectivity index (χ1) is 11.0. The second-order valence-corrected chi connectivity index (χ2v) is 6.04. The molecule has 0 aromatic heterocycles. The Hall–Kier alpha value is -2.08. The number of hydrogen-bond donors (Lipinski definition) is 4. The molecule has 128 valence electrons. The normalized spacial score (nSPS) is 12.0. The third-order valence-corrected chi connectivity index (χ3v) is 3.53. The van der Waals surface area contributed by atoms with Crippen LogP contribution in [0.5, 0.6) is 0 Å². The Morgan fingerprint density at radius 3 is 2.43 bits per heavy atom. The van der Waals surface area contributed by atoms with Crippen molar-refractivity contribution in [3.8, 4) is 0 Å². The summed E-state index contributed by atoms with van der Waals surface area (Å²) in [5.41, 5.74) is 6.12. The number of nitrogens with two attached hydrogens (primary N) is 1. The first-order valence-corrected chi connectivity index (χ1v) is 8.15. The summed E-state index contributed by atoms with van der Waals surface area (Å²) in [6.45, 7) is 1.41. The maximum Gasteiger partial charge on any atom is 0.312 e. The van der Waals surface area contributed by atoms with Crippen molar-refractivity contribution in [2.45, 2.75) is 31.7 Å². The molecule has 0 spiro atoms. The molecule has 0 aliphatic rings. The molecule has 1 aromatic carbocycles. The second-order valence-electron chi connectivity index (χ2n) is 6.04. The summed E-state index contributed by atoms with van der Waals surface area (Å²) in [7, 11) is 4.15. The third kappa shape index (κ3) is 8.83. The highest BCUT2D eigenvalue weighted by Gasteiger charge is 2.17. The number of carbonyl (C=O) groups excluding carboxylic acids is 2. The van der Waals surface area contributed by atoms with Crippen LogP contribution in [0.25, 0.3) is 0 Å². The lowest BCUT2D eigenvalue weighted by Gasteiger charge is -2.21. The molecule has 0 heterocycles. The maximum absolute atomic E-state index is 12.1. The summed E-state index contributed by atoms with van der Waals surface area (Å²) in [6, 6.07) is 9.58. The number of quaternary nitrogens is 1. The van der Waals surface area contributed by atoms with E-state index in [1.807, 2.05) is 30.3 Å². The molecule has 0 aliphatic carbocycles. The highest BCUT2D eigenvalue weighted by atomic mass is 16.2. The molecule has 3 amide bonds. The van der Waals surface area contributed by atoms with Crippen LogP contribution in [-0.4, -0.2) is 39.1 Å². The van der Waals surface area contributed by atoms with Crippen molar-refractivity contribution < 1.29 is 14.5 Å². The van der Waals surface area contributed by atoms with Gasteiger partial charge in [0.25, 0.3) is 0 Å². The van der Waals surface area contributed by atoms with Gasteiger partial charge in [0.1, 0.15) is 12.6 Å².